The number of anilines is 2. The van der Waals surface area contributed by atoms with E-state index in [2.05, 4.69) is 32.7 Å². The van der Waals surface area contributed by atoms with Crippen molar-refractivity contribution < 1.29 is 14.3 Å². The summed E-state index contributed by atoms with van der Waals surface area (Å²) in [5.41, 5.74) is 1.96. The number of thiophene rings is 1. The minimum absolute atomic E-state index is 0.113. The number of amides is 1. The third-order valence-corrected chi connectivity index (χ3v) is 5.67. The summed E-state index contributed by atoms with van der Waals surface area (Å²) >= 11 is 3.16. The normalized spacial score (nSPS) is 12.6. The largest absolute Gasteiger partial charge is 0.486 e. The lowest BCUT2D eigenvalue weighted by molar-refractivity contribution is -0.114. The smallest absolute Gasteiger partial charge is 0.223 e. The average molecular weight is 402 g/mol. The molecule has 0 fully saturated rings. The number of nitrogens with one attached hydrogen (secondary N) is 1. The van der Waals surface area contributed by atoms with Gasteiger partial charge >= 0.3 is 0 Å². The number of hydrogen-bond acceptors (Lipinski definition) is 7. The van der Waals surface area contributed by atoms with E-state index in [-0.39, 0.29) is 5.91 Å². The Hall–Kier alpha value is -2.58. The highest BCUT2D eigenvalue weighted by Gasteiger charge is 2.17. The predicted octanol–water partition coefficient (Wildman–Crippen LogP) is 4.14. The van der Waals surface area contributed by atoms with Gasteiger partial charge in [0, 0.05) is 28.9 Å². The third-order valence-electron chi connectivity index (χ3n) is 4.01. The van der Waals surface area contributed by atoms with Crippen molar-refractivity contribution in [1.82, 2.24) is 4.98 Å². The van der Waals surface area contributed by atoms with Gasteiger partial charge in [0.1, 0.15) is 13.2 Å². The Morgan fingerprint density at radius 3 is 2.81 bits per heavy atom. The summed E-state index contributed by atoms with van der Waals surface area (Å²) in [6, 6.07) is 10.2. The highest BCUT2D eigenvalue weighted by atomic mass is 32.1. The second kappa shape index (κ2) is 7.98. The fraction of sp³-hybridized carbons (Fsp3) is 0.263. The first-order valence-corrected chi connectivity index (χ1v) is 10.3. The molecule has 1 aliphatic rings. The Morgan fingerprint density at radius 2 is 2.04 bits per heavy atom. The van der Waals surface area contributed by atoms with E-state index >= 15 is 0 Å². The molecule has 1 aliphatic heterocycles. The van der Waals surface area contributed by atoms with Crippen molar-refractivity contribution in [3.63, 3.8) is 0 Å². The van der Waals surface area contributed by atoms with E-state index in [1.807, 2.05) is 23.6 Å². The molecule has 3 heterocycles. The van der Waals surface area contributed by atoms with Crippen LogP contribution in [0.25, 0.3) is 0 Å². The number of aromatic nitrogens is 1. The number of carbonyl (C=O) groups is 1. The molecule has 140 valence electrons. The summed E-state index contributed by atoms with van der Waals surface area (Å²) in [6.45, 7) is 4.03. The monoisotopic (exact) mass is 401 g/mol. The number of fused-ring (bicyclic) bond motifs is 1. The number of nitrogens with zero attached hydrogens (tertiary/aromatic N) is 2. The maximum absolute atomic E-state index is 11.2. The van der Waals surface area contributed by atoms with Crippen molar-refractivity contribution in [2.24, 2.45) is 0 Å². The molecule has 0 saturated carbocycles. The lowest BCUT2D eigenvalue weighted by Gasteiger charge is -2.26. The first kappa shape index (κ1) is 17.8. The number of hydrogen-bond donors (Lipinski definition) is 1. The highest BCUT2D eigenvalue weighted by Crippen LogP contribution is 2.35. The minimum atomic E-state index is -0.113. The zero-order valence-electron chi connectivity index (χ0n) is 14.8. The molecule has 8 heteroatoms. The van der Waals surface area contributed by atoms with Gasteiger partial charge in [-0.25, -0.2) is 4.98 Å². The van der Waals surface area contributed by atoms with E-state index in [1.54, 1.807) is 11.3 Å². The summed E-state index contributed by atoms with van der Waals surface area (Å²) in [5, 5.41) is 7.42. The van der Waals surface area contributed by atoms with Crippen LogP contribution in [0.5, 0.6) is 11.5 Å². The maximum atomic E-state index is 11.2. The van der Waals surface area contributed by atoms with E-state index < -0.39 is 0 Å². The zero-order valence-corrected chi connectivity index (χ0v) is 16.4. The molecule has 6 nitrogen and oxygen atoms in total. The Bertz CT molecular complexity index is 924. The van der Waals surface area contributed by atoms with Crippen molar-refractivity contribution in [3.8, 4) is 11.5 Å². The van der Waals surface area contributed by atoms with Crippen LogP contribution in [0.3, 0.4) is 0 Å². The lowest BCUT2D eigenvalue weighted by Crippen LogP contribution is -2.22. The number of ether oxygens (including phenoxy) is 2. The summed E-state index contributed by atoms with van der Waals surface area (Å²) < 4.78 is 11.4. The molecule has 0 unspecified atom stereocenters. The van der Waals surface area contributed by atoms with Gasteiger partial charge < -0.3 is 19.7 Å². The fourth-order valence-electron chi connectivity index (χ4n) is 2.84. The van der Waals surface area contributed by atoms with Crippen LogP contribution in [0.4, 0.5) is 10.8 Å². The van der Waals surface area contributed by atoms with Gasteiger partial charge in [0.2, 0.25) is 5.91 Å². The highest BCUT2D eigenvalue weighted by molar-refractivity contribution is 7.13. The standard InChI is InChI=1S/C19H19N3O3S2/c1-13(23)20-19-21-14(12-27-19)10-22(11-16-3-2-8-26-16)15-4-5-17-18(9-15)25-7-6-24-17/h2-5,8-9,12H,6-7,10-11H2,1H3,(H,20,21,23). The Labute approximate surface area is 165 Å². The molecule has 2 aromatic heterocycles. The van der Waals surface area contributed by atoms with Gasteiger partial charge in [0.15, 0.2) is 16.6 Å². The topological polar surface area (TPSA) is 63.7 Å². The molecule has 0 aliphatic carbocycles. The van der Waals surface area contributed by atoms with Gasteiger partial charge in [-0.05, 0) is 23.6 Å². The SMILES string of the molecule is CC(=O)Nc1nc(CN(Cc2cccs2)c2ccc3c(c2)OCCO3)cs1. The second-order valence-electron chi connectivity index (χ2n) is 6.09. The van der Waals surface area contributed by atoms with E-state index in [4.69, 9.17) is 9.47 Å². The molecule has 0 saturated heterocycles. The van der Waals surface area contributed by atoms with Crippen molar-refractivity contribution in [2.75, 3.05) is 23.4 Å². The zero-order chi connectivity index (χ0) is 18.6. The van der Waals surface area contributed by atoms with Gasteiger partial charge in [-0.2, -0.15) is 0 Å². The van der Waals surface area contributed by atoms with Crippen LogP contribution in [-0.2, 0) is 17.9 Å². The van der Waals surface area contributed by atoms with Crippen LogP contribution in [0, 0.1) is 0 Å². The van der Waals surface area contributed by atoms with Crippen LogP contribution in [0.2, 0.25) is 0 Å². The first-order valence-electron chi connectivity index (χ1n) is 8.56. The Balaban J connectivity index is 1.59. The van der Waals surface area contributed by atoms with Gasteiger partial charge in [-0.3, -0.25) is 4.79 Å². The molecule has 0 atom stereocenters. The molecule has 0 radical (unpaired) electrons. The molecular formula is C19H19N3O3S2. The number of rotatable bonds is 6. The van der Waals surface area contributed by atoms with Gasteiger partial charge in [0.05, 0.1) is 18.8 Å². The lowest BCUT2D eigenvalue weighted by atomic mass is 10.2. The van der Waals surface area contributed by atoms with E-state index in [1.165, 1.54) is 23.1 Å². The molecular weight excluding hydrogens is 382 g/mol. The van der Waals surface area contributed by atoms with Crippen molar-refractivity contribution in [1.29, 1.82) is 0 Å². The molecule has 4 rings (SSSR count). The van der Waals surface area contributed by atoms with Crippen molar-refractivity contribution >= 4 is 39.4 Å². The predicted molar refractivity (Wildman–Crippen MR) is 108 cm³/mol. The third kappa shape index (κ3) is 4.40. The number of benzene rings is 1. The molecule has 27 heavy (non-hydrogen) atoms. The second-order valence-corrected chi connectivity index (χ2v) is 7.98. The van der Waals surface area contributed by atoms with E-state index in [0.717, 1.165) is 29.4 Å². The van der Waals surface area contributed by atoms with Crippen LogP contribution >= 0.6 is 22.7 Å². The number of carbonyl (C=O) groups excluding carboxylic acids is 1. The van der Waals surface area contributed by atoms with Crippen molar-refractivity contribution in [2.45, 2.75) is 20.0 Å². The van der Waals surface area contributed by atoms with Crippen LogP contribution in [0.15, 0.2) is 41.1 Å². The molecule has 1 aromatic carbocycles. The summed E-state index contributed by atoms with van der Waals surface area (Å²) in [6.07, 6.45) is 0. The summed E-state index contributed by atoms with van der Waals surface area (Å²) in [5.74, 6) is 1.44. The van der Waals surface area contributed by atoms with Gasteiger partial charge in [0.25, 0.3) is 0 Å². The van der Waals surface area contributed by atoms with Crippen LogP contribution in [0.1, 0.15) is 17.5 Å². The summed E-state index contributed by atoms with van der Waals surface area (Å²) in [4.78, 5) is 19.3. The molecule has 0 bridgehead atoms. The quantitative estimate of drug-likeness (QED) is 0.673. The van der Waals surface area contributed by atoms with Crippen LogP contribution < -0.4 is 19.7 Å². The Morgan fingerprint density at radius 1 is 1.19 bits per heavy atom. The molecule has 3 aromatic rings. The van der Waals surface area contributed by atoms with Gasteiger partial charge in [-0.1, -0.05) is 6.07 Å². The van der Waals surface area contributed by atoms with E-state index in [0.29, 0.717) is 24.9 Å². The van der Waals surface area contributed by atoms with E-state index in [9.17, 15) is 4.79 Å². The molecule has 0 spiro atoms. The van der Waals surface area contributed by atoms with Crippen molar-refractivity contribution in [3.05, 3.63) is 51.7 Å². The fourth-order valence-corrected chi connectivity index (χ4v) is 4.31. The number of thiazole rings is 1. The maximum Gasteiger partial charge on any atom is 0.223 e. The summed E-state index contributed by atoms with van der Waals surface area (Å²) in [7, 11) is 0. The first-order chi connectivity index (χ1) is 13.2. The minimum Gasteiger partial charge on any atom is -0.486 e. The molecule has 1 amide bonds. The Kier molecular flexibility index (Phi) is 5.26. The van der Waals surface area contributed by atoms with Crippen LogP contribution in [-0.4, -0.2) is 24.1 Å². The molecule has 1 N–H and O–H groups in total. The average Bonchev–Trinajstić information content (AvgIpc) is 3.32. The van der Waals surface area contributed by atoms with Gasteiger partial charge in [-0.15, -0.1) is 22.7 Å².